The van der Waals surface area contributed by atoms with Gasteiger partial charge >= 0.3 is 0 Å². The smallest absolute Gasteiger partial charge is 0.106 e. The summed E-state index contributed by atoms with van der Waals surface area (Å²) in [4.78, 5) is 8.76. The van der Waals surface area contributed by atoms with Crippen LogP contribution in [0.15, 0.2) is 25.0 Å². The third kappa shape index (κ3) is 3.37. The Hall–Kier alpha value is -1.99. The highest BCUT2D eigenvalue weighted by molar-refractivity contribution is 5.81. The quantitative estimate of drug-likeness (QED) is 0.864. The molecule has 110 valence electrons. The number of hydrogen-bond donors (Lipinski definition) is 1. The average molecular weight is 282 g/mol. The molecule has 4 heteroatoms. The van der Waals surface area contributed by atoms with E-state index in [9.17, 15) is 5.26 Å². The lowest BCUT2D eigenvalue weighted by molar-refractivity contribution is 0.297. The molecule has 2 N–H and O–H groups in total. The third-order valence-corrected chi connectivity index (χ3v) is 4.14. The van der Waals surface area contributed by atoms with Crippen molar-refractivity contribution in [3.8, 4) is 6.07 Å². The van der Waals surface area contributed by atoms with Crippen LogP contribution >= 0.6 is 0 Å². The molecule has 0 spiro atoms. The minimum Gasteiger partial charge on any atom is -0.328 e. The fourth-order valence-electron chi connectivity index (χ4n) is 3.16. The summed E-state index contributed by atoms with van der Waals surface area (Å²) >= 11 is 0. The van der Waals surface area contributed by atoms with Gasteiger partial charge in [0.25, 0.3) is 0 Å². The van der Waals surface area contributed by atoms with Crippen molar-refractivity contribution in [1.82, 2.24) is 9.97 Å². The van der Waals surface area contributed by atoms with Crippen LogP contribution in [0.5, 0.6) is 0 Å². The van der Waals surface area contributed by atoms with Crippen LogP contribution in [0.2, 0.25) is 0 Å². The van der Waals surface area contributed by atoms with Gasteiger partial charge in [-0.3, -0.25) is 9.97 Å². The molecule has 1 aliphatic rings. The summed E-state index contributed by atoms with van der Waals surface area (Å²) in [6, 6.07) is 2.39. The summed E-state index contributed by atoms with van der Waals surface area (Å²) in [5.74, 6) is 0.906. The Bertz CT molecular complexity index is 587. The van der Waals surface area contributed by atoms with Crippen molar-refractivity contribution < 1.29 is 0 Å². The van der Waals surface area contributed by atoms with Crippen LogP contribution < -0.4 is 5.73 Å². The number of nitriles is 1. The topological polar surface area (TPSA) is 75.6 Å². The molecule has 0 bridgehead atoms. The molecule has 21 heavy (non-hydrogen) atoms. The van der Waals surface area contributed by atoms with Crippen molar-refractivity contribution >= 4 is 11.1 Å². The van der Waals surface area contributed by atoms with E-state index in [4.69, 9.17) is 5.73 Å². The normalized spacial score (nSPS) is 26.2. The molecule has 2 rings (SSSR count). The molecule has 0 radical (unpaired) electrons. The van der Waals surface area contributed by atoms with Crippen molar-refractivity contribution in [2.45, 2.75) is 39.2 Å². The van der Waals surface area contributed by atoms with E-state index in [1.54, 1.807) is 18.5 Å². The van der Waals surface area contributed by atoms with E-state index in [-0.39, 0.29) is 6.04 Å². The van der Waals surface area contributed by atoms with Gasteiger partial charge in [0, 0.05) is 18.4 Å². The van der Waals surface area contributed by atoms with Crippen molar-refractivity contribution in [2.75, 3.05) is 0 Å². The van der Waals surface area contributed by atoms with Crippen LogP contribution in [0.4, 0.5) is 0 Å². The second-order valence-electron chi connectivity index (χ2n) is 5.86. The number of allylic oxidation sites excluding steroid dienone is 3. The predicted molar refractivity (Wildman–Crippen MR) is 84.8 cm³/mol. The molecule has 0 aliphatic heterocycles. The van der Waals surface area contributed by atoms with E-state index in [2.05, 4.69) is 29.5 Å². The molecule has 1 aromatic rings. The highest BCUT2D eigenvalue weighted by Crippen LogP contribution is 2.37. The molecule has 1 heterocycles. The van der Waals surface area contributed by atoms with E-state index in [1.807, 2.05) is 6.92 Å². The van der Waals surface area contributed by atoms with Crippen LogP contribution in [0.25, 0.3) is 11.1 Å². The van der Waals surface area contributed by atoms with Gasteiger partial charge in [-0.1, -0.05) is 19.6 Å². The Morgan fingerprint density at radius 3 is 2.57 bits per heavy atom. The van der Waals surface area contributed by atoms with Gasteiger partial charge in [0.05, 0.1) is 11.3 Å². The first kappa shape index (κ1) is 15.4. The molecule has 3 atom stereocenters. The molecule has 1 aromatic heterocycles. The molecular weight excluding hydrogens is 260 g/mol. The van der Waals surface area contributed by atoms with Gasteiger partial charge in [-0.25, -0.2) is 0 Å². The van der Waals surface area contributed by atoms with Crippen molar-refractivity contribution in [2.24, 2.45) is 17.6 Å². The van der Waals surface area contributed by atoms with Gasteiger partial charge in [-0.05, 0) is 43.6 Å². The summed E-state index contributed by atoms with van der Waals surface area (Å²) in [6.07, 6.45) is 8.09. The van der Waals surface area contributed by atoms with Gasteiger partial charge in [0.15, 0.2) is 0 Å². The van der Waals surface area contributed by atoms with Crippen LogP contribution in [0.3, 0.4) is 0 Å². The Morgan fingerprint density at radius 1 is 1.33 bits per heavy atom. The molecule has 0 amide bonds. The highest BCUT2D eigenvalue weighted by Gasteiger charge is 2.28. The fourth-order valence-corrected chi connectivity index (χ4v) is 3.16. The van der Waals surface area contributed by atoms with Crippen LogP contribution in [-0.2, 0) is 0 Å². The monoisotopic (exact) mass is 282 g/mol. The summed E-state index contributed by atoms with van der Waals surface area (Å²) in [5, 5.41) is 9.24. The number of rotatable bonds is 3. The molecule has 0 aromatic carbocycles. The van der Waals surface area contributed by atoms with Crippen molar-refractivity contribution in [3.05, 3.63) is 36.4 Å². The minimum atomic E-state index is 0.216. The van der Waals surface area contributed by atoms with E-state index < -0.39 is 0 Å². The van der Waals surface area contributed by atoms with Gasteiger partial charge in [-0.2, -0.15) is 5.26 Å². The summed E-state index contributed by atoms with van der Waals surface area (Å²) in [5.41, 5.74) is 8.99. The fraction of sp³-hybridized carbons (Fsp3) is 0.471. The highest BCUT2D eigenvalue weighted by atomic mass is 14.8. The first-order valence-corrected chi connectivity index (χ1v) is 7.39. The van der Waals surface area contributed by atoms with Crippen LogP contribution in [-0.4, -0.2) is 16.0 Å². The van der Waals surface area contributed by atoms with Gasteiger partial charge in [0.1, 0.15) is 11.8 Å². The first-order chi connectivity index (χ1) is 10.1. The van der Waals surface area contributed by atoms with Crippen molar-refractivity contribution in [1.29, 1.82) is 5.26 Å². The molecular formula is C17H22N4. The van der Waals surface area contributed by atoms with Crippen LogP contribution in [0.1, 0.15) is 44.5 Å². The maximum absolute atomic E-state index is 9.24. The number of nitrogens with zero attached hydrogens (tertiary/aromatic N) is 3. The first-order valence-electron chi connectivity index (χ1n) is 7.39. The average Bonchev–Trinajstić information content (AvgIpc) is 2.47. The Kier molecular flexibility index (Phi) is 4.87. The van der Waals surface area contributed by atoms with E-state index in [0.717, 1.165) is 30.5 Å². The lowest BCUT2D eigenvalue weighted by Gasteiger charge is -2.32. The molecule has 4 nitrogen and oxygen atoms in total. The Morgan fingerprint density at radius 2 is 2.00 bits per heavy atom. The number of aromatic nitrogens is 2. The summed E-state index contributed by atoms with van der Waals surface area (Å²) < 4.78 is 0. The predicted octanol–water partition coefficient (Wildman–Crippen LogP) is 3.18. The zero-order valence-corrected chi connectivity index (χ0v) is 12.7. The number of hydrogen-bond acceptors (Lipinski definition) is 4. The van der Waals surface area contributed by atoms with Crippen molar-refractivity contribution in [3.63, 3.8) is 0 Å². The van der Waals surface area contributed by atoms with Gasteiger partial charge in [0.2, 0.25) is 0 Å². The van der Waals surface area contributed by atoms with E-state index >= 15 is 0 Å². The standard InChI is InChI=1S/C17H22N4/c1-4-13(10-18)17-16(20-5-6-21-17)12(3)14-7-11(2)8-15(19)9-14/h4-6,11,14-15H,3,7-9,19H2,1-2H3/b13-4-/t11-,14+,15-/m1/s1. The summed E-state index contributed by atoms with van der Waals surface area (Å²) in [7, 11) is 0. The van der Waals surface area contributed by atoms with Gasteiger partial charge < -0.3 is 5.73 Å². The molecule has 0 unspecified atom stereocenters. The zero-order chi connectivity index (χ0) is 15.4. The third-order valence-electron chi connectivity index (χ3n) is 4.14. The minimum absolute atomic E-state index is 0.216. The lowest BCUT2D eigenvalue weighted by atomic mass is 9.75. The zero-order valence-electron chi connectivity index (χ0n) is 12.7. The summed E-state index contributed by atoms with van der Waals surface area (Å²) in [6.45, 7) is 8.29. The Balaban J connectivity index is 2.34. The molecule has 1 saturated carbocycles. The van der Waals surface area contributed by atoms with E-state index in [0.29, 0.717) is 23.1 Å². The maximum atomic E-state index is 9.24. The Labute approximate surface area is 126 Å². The lowest BCUT2D eigenvalue weighted by Crippen LogP contribution is -2.32. The van der Waals surface area contributed by atoms with Gasteiger partial charge in [-0.15, -0.1) is 0 Å². The molecule has 0 saturated heterocycles. The van der Waals surface area contributed by atoms with E-state index in [1.165, 1.54) is 0 Å². The molecule has 1 fully saturated rings. The second kappa shape index (κ2) is 6.64. The number of nitrogens with two attached hydrogens (primary N) is 1. The van der Waals surface area contributed by atoms with Crippen LogP contribution in [0, 0.1) is 23.2 Å². The molecule has 1 aliphatic carbocycles. The maximum Gasteiger partial charge on any atom is 0.106 e. The second-order valence-corrected chi connectivity index (χ2v) is 5.86. The largest absolute Gasteiger partial charge is 0.328 e. The SMILES string of the molecule is C=C(c1nccnc1/C(C#N)=C\C)[C@H]1C[C@@H](C)C[C@@H](N)C1.